The van der Waals surface area contributed by atoms with Crippen molar-refractivity contribution in [2.75, 3.05) is 24.3 Å². The predicted molar refractivity (Wildman–Crippen MR) is 114 cm³/mol. The lowest BCUT2D eigenvalue weighted by Gasteiger charge is -2.27. The first-order chi connectivity index (χ1) is 14.0. The maximum atomic E-state index is 12.0. The number of nitrogens with one attached hydrogen (secondary N) is 2. The molecule has 148 valence electrons. The fourth-order valence-electron chi connectivity index (χ4n) is 4.68. The lowest BCUT2D eigenvalue weighted by molar-refractivity contribution is -0.122. The Hall–Kier alpha value is -3.35. The molecule has 3 aromatic rings. The maximum absolute atomic E-state index is 12.0. The van der Waals surface area contributed by atoms with E-state index in [2.05, 4.69) is 44.5 Å². The second-order valence-corrected chi connectivity index (χ2v) is 8.13. The van der Waals surface area contributed by atoms with E-state index in [1.807, 2.05) is 32.3 Å². The molecule has 0 unspecified atom stereocenters. The Morgan fingerprint density at radius 1 is 1.24 bits per heavy atom. The van der Waals surface area contributed by atoms with E-state index in [1.165, 1.54) is 0 Å². The summed E-state index contributed by atoms with van der Waals surface area (Å²) in [6, 6.07) is 10.1. The van der Waals surface area contributed by atoms with Crippen LogP contribution in [0.2, 0.25) is 0 Å². The third kappa shape index (κ3) is 2.93. The van der Waals surface area contributed by atoms with Crippen molar-refractivity contribution in [3.8, 4) is 11.4 Å². The molecule has 0 radical (unpaired) electrons. The van der Waals surface area contributed by atoms with Gasteiger partial charge in [-0.05, 0) is 36.5 Å². The smallest absolute Gasteiger partial charge is 0.223 e. The Bertz CT molecular complexity index is 1120. The largest absolute Gasteiger partial charge is 0.379 e. The molecule has 0 spiro atoms. The standard InChI is InChI=1S/C22H24N6O/c1-28(2)15-5-3-4-14(11-15)21-26-19-16(8-9-24-22(19)27-21)25-18-13-7-6-12(10-13)17(18)20(23)29/h3-9,11-13,17-18H,10H2,1-2H3,(H2,23,29)(H2,24,25,26,27)/t12-,13+,17+,18-/m1/s1. The van der Waals surface area contributed by atoms with Crippen molar-refractivity contribution < 1.29 is 4.79 Å². The predicted octanol–water partition coefficient (Wildman–Crippen LogP) is 2.78. The maximum Gasteiger partial charge on any atom is 0.223 e. The third-order valence-electron chi connectivity index (χ3n) is 6.13. The highest BCUT2D eigenvalue weighted by Crippen LogP contribution is 2.45. The SMILES string of the molecule is CN(C)c1cccc(-c2nc3c(N[C@H]4[C@@H](C(N)=O)[C@@H]5C=C[C@H]4C5)ccnc3[nH]2)c1. The Morgan fingerprint density at radius 2 is 2.07 bits per heavy atom. The van der Waals surface area contributed by atoms with E-state index in [9.17, 15) is 4.79 Å². The second kappa shape index (κ2) is 6.62. The minimum absolute atomic E-state index is 0.00896. The summed E-state index contributed by atoms with van der Waals surface area (Å²) < 4.78 is 0. The van der Waals surface area contributed by atoms with Gasteiger partial charge in [0.2, 0.25) is 5.91 Å². The van der Waals surface area contributed by atoms with Gasteiger partial charge in [-0.2, -0.15) is 0 Å². The van der Waals surface area contributed by atoms with Crippen molar-refractivity contribution in [2.24, 2.45) is 23.5 Å². The van der Waals surface area contributed by atoms with Crippen LogP contribution >= 0.6 is 0 Å². The molecule has 0 aliphatic heterocycles. The fourth-order valence-corrected chi connectivity index (χ4v) is 4.68. The van der Waals surface area contributed by atoms with E-state index in [4.69, 9.17) is 10.7 Å². The van der Waals surface area contributed by atoms with E-state index < -0.39 is 0 Å². The second-order valence-electron chi connectivity index (χ2n) is 8.13. The normalized spacial score (nSPS) is 24.9. The van der Waals surface area contributed by atoms with Crippen LogP contribution in [0.25, 0.3) is 22.6 Å². The number of amides is 1. The summed E-state index contributed by atoms with van der Waals surface area (Å²) in [6.07, 6.45) is 7.06. The highest BCUT2D eigenvalue weighted by molar-refractivity contribution is 5.89. The molecule has 7 heteroatoms. The summed E-state index contributed by atoms with van der Waals surface area (Å²) in [5.74, 6) is 0.882. The van der Waals surface area contributed by atoms with Gasteiger partial charge in [0, 0.05) is 37.6 Å². The molecular weight excluding hydrogens is 364 g/mol. The first-order valence-electron chi connectivity index (χ1n) is 9.88. The molecule has 5 rings (SSSR count). The highest BCUT2D eigenvalue weighted by atomic mass is 16.1. The highest BCUT2D eigenvalue weighted by Gasteiger charge is 2.47. The van der Waals surface area contributed by atoms with Gasteiger partial charge >= 0.3 is 0 Å². The van der Waals surface area contributed by atoms with Gasteiger partial charge in [-0.25, -0.2) is 9.97 Å². The van der Waals surface area contributed by atoms with E-state index in [0.29, 0.717) is 5.92 Å². The Balaban J connectivity index is 1.51. The van der Waals surface area contributed by atoms with Crippen molar-refractivity contribution >= 4 is 28.4 Å². The number of imidazole rings is 1. The van der Waals surface area contributed by atoms with Gasteiger partial charge in [0.25, 0.3) is 0 Å². The van der Waals surface area contributed by atoms with Gasteiger partial charge in [-0.1, -0.05) is 24.3 Å². The number of carbonyl (C=O) groups excluding carboxylic acids is 1. The molecule has 29 heavy (non-hydrogen) atoms. The summed E-state index contributed by atoms with van der Waals surface area (Å²) in [4.78, 5) is 26.7. The zero-order valence-electron chi connectivity index (χ0n) is 16.5. The number of primary amides is 1. The molecule has 2 bridgehead atoms. The van der Waals surface area contributed by atoms with Crippen LogP contribution in [0.3, 0.4) is 0 Å². The molecular formula is C22H24N6O. The number of allylic oxidation sites excluding steroid dienone is 1. The lowest BCUT2D eigenvalue weighted by Crippen LogP contribution is -2.41. The van der Waals surface area contributed by atoms with Gasteiger partial charge in [0.05, 0.1) is 11.6 Å². The van der Waals surface area contributed by atoms with E-state index in [1.54, 1.807) is 6.20 Å². The van der Waals surface area contributed by atoms with E-state index in [-0.39, 0.29) is 23.8 Å². The molecule has 1 aromatic carbocycles. The van der Waals surface area contributed by atoms with Crippen LogP contribution in [-0.2, 0) is 4.79 Å². The van der Waals surface area contributed by atoms with Crippen LogP contribution in [0.4, 0.5) is 11.4 Å². The third-order valence-corrected chi connectivity index (χ3v) is 6.13. The molecule has 1 saturated carbocycles. The lowest BCUT2D eigenvalue weighted by atomic mass is 9.88. The minimum atomic E-state index is -0.243. The first kappa shape index (κ1) is 17.7. The number of rotatable bonds is 5. The molecule has 2 aliphatic carbocycles. The minimum Gasteiger partial charge on any atom is -0.379 e. The van der Waals surface area contributed by atoms with E-state index >= 15 is 0 Å². The van der Waals surface area contributed by atoms with Gasteiger partial charge in [-0.15, -0.1) is 0 Å². The molecule has 2 aromatic heterocycles. The molecule has 7 nitrogen and oxygen atoms in total. The summed E-state index contributed by atoms with van der Waals surface area (Å²) in [6.45, 7) is 0. The summed E-state index contributed by atoms with van der Waals surface area (Å²) in [5.41, 5.74) is 10.2. The molecule has 4 atom stereocenters. The average Bonchev–Trinajstić information content (AvgIpc) is 3.42. The number of nitrogens with two attached hydrogens (primary N) is 1. The molecule has 0 saturated heterocycles. The molecule has 1 fully saturated rings. The Labute approximate surface area is 169 Å². The molecule has 4 N–H and O–H groups in total. The zero-order chi connectivity index (χ0) is 20.1. The number of aromatic amines is 1. The van der Waals surface area contributed by atoms with Crippen molar-refractivity contribution in [1.29, 1.82) is 0 Å². The number of H-pyrrole nitrogens is 1. The number of carbonyl (C=O) groups is 1. The van der Waals surface area contributed by atoms with Crippen LogP contribution in [0.5, 0.6) is 0 Å². The monoisotopic (exact) mass is 388 g/mol. The molecule has 2 aliphatic rings. The number of anilines is 2. The van der Waals surface area contributed by atoms with Crippen LogP contribution in [0, 0.1) is 17.8 Å². The number of hydrogen-bond donors (Lipinski definition) is 3. The number of aromatic nitrogens is 3. The number of fused-ring (bicyclic) bond motifs is 3. The number of pyridine rings is 1. The van der Waals surface area contributed by atoms with Crippen LogP contribution in [0.1, 0.15) is 6.42 Å². The molecule has 2 heterocycles. The summed E-state index contributed by atoms with van der Waals surface area (Å²) >= 11 is 0. The van der Waals surface area contributed by atoms with Crippen molar-refractivity contribution in [2.45, 2.75) is 12.5 Å². The van der Waals surface area contributed by atoms with Gasteiger partial charge in [0.1, 0.15) is 11.3 Å². The first-order valence-corrected chi connectivity index (χ1v) is 9.88. The van der Waals surface area contributed by atoms with Crippen molar-refractivity contribution in [3.63, 3.8) is 0 Å². The Kier molecular flexibility index (Phi) is 4.04. The van der Waals surface area contributed by atoms with Gasteiger partial charge in [-0.3, -0.25) is 4.79 Å². The van der Waals surface area contributed by atoms with Crippen molar-refractivity contribution in [1.82, 2.24) is 15.0 Å². The Morgan fingerprint density at radius 3 is 2.86 bits per heavy atom. The zero-order valence-corrected chi connectivity index (χ0v) is 16.5. The van der Waals surface area contributed by atoms with Crippen molar-refractivity contribution in [3.05, 3.63) is 48.7 Å². The number of benzene rings is 1. The summed E-state index contributed by atoms with van der Waals surface area (Å²) in [5, 5.41) is 3.56. The molecule has 1 amide bonds. The van der Waals surface area contributed by atoms with Crippen LogP contribution < -0.4 is 16.0 Å². The average molecular weight is 388 g/mol. The topological polar surface area (TPSA) is 99.9 Å². The van der Waals surface area contributed by atoms with Crippen LogP contribution in [0.15, 0.2) is 48.7 Å². The van der Waals surface area contributed by atoms with Gasteiger partial charge in [0.15, 0.2) is 5.65 Å². The van der Waals surface area contributed by atoms with Crippen LogP contribution in [-0.4, -0.2) is 41.0 Å². The fraction of sp³-hybridized carbons (Fsp3) is 0.318. The summed E-state index contributed by atoms with van der Waals surface area (Å²) in [7, 11) is 4.03. The quantitative estimate of drug-likeness (QED) is 0.584. The number of nitrogens with zero attached hydrogens (tertiary/aromatic N) is 3. The number of hydrogen-bond acceptors (Lipinski definition) is 5. The van der Waals surface area contributed by atoms with Gasteiger partial charge < -0.3 is 20.9 Å². The van der Waals surface area contributed by atoms with E-state index in [0.717, 1.165) is 40.3 Å².